The van der Waals surface area contributed by atoms with Crippen molar-refractivity contribution in [2.75, 3.05) is 19.1 Å². The molecule has 0 fully saturated rings. The molecular formula is C12H15N3OS. The highest BCUT2D eigenvalue weighted by Crippen LogP contribution is 2.19. The maximum absolute atomic E-state index is 5.20. The summed E-state index contributed by atoms with van der Waals surface area (Å²) in [6, 6.07) is 8.04. The predicted molar refractivity (Wildman–Crippen MR) is 69.7 cm³/mol. The standard InChI is InChI=1S/C12H15N3OS/c1-9-13-12(17-14-9)15(2)8-10-5-4-6-11(7-10)16-3/h4-7H,8H2,1-3H3. The van der Waals surface area contributed by atoms with E-state index in [-0.39, 0.29) is 0 Å². The summed E-state index contributed by atoms with van der Waals surface area (Å²) in [6.07, 6.45) is 0. The molecule has 0 bridgehead atoms. The highest BCUT2D eigenvalue weighted by Gasteiger charge is 2.07. The number of methoxy groups -OCH3 is 1. The number of hydrogen-bond donors (Lipinski definition) is 0. The fourth-order valence-electron chi connectivity index (χ4n) is 1.55. The molecule has 0 aliphatic heterocycles. The number of hydrogen-bond acceptors (Lipinski definition) is 5. The van der Waals surface area contributed by atoms with Crippen molar-refractivity contribution in [3.63, 3.8) is 0 Å². The van der Waals surface area contributed by atoms with E-state index >= 15 is 0 Å². The monoisotopic (exact) mass is 249 g/mol. The van der Waals surface area contributed by atoms with Crippen LogP contribution < -0.4 is 9.64 Å². The molecule has 0 N–H and O–H groups in total. The van der Waals surface area contributed by atoms with E-state index in [0.29, 0.717) is 0 Å². The van der Waals surface area contributed by atoms with E-state index < -0.39 is 0 Å². The number of rotatable bonds is 4. The van der Waals surface area contributed by atoms with Crippen molar-refractivity contribution >= 4 is 16.7 Å². The lowest BCUT2D eigenvalue weighted by molar-refractivity contribution is 0.414. The number of aromatic nitrogens is 2. The fourth-order valence-corrected chi connectivity index (χ4v) is 2.18. The Kier molecular flexibility index (Phi) is 3.58. The lowest BCUT2D eigenvalue weighted by Gasteiger charge is -2.15. The molecule has 90 valence electrons. The topological polar surface area (TPSA) is 38.2 Å². The molecule has 0 aliphatic rings. The van der Waals surface area contributed by atoms with Crippen LogP contribution in [0.1, 0.15) is 11.4 Å². The zero-order valence-corrected chi connectivity index (χ0v) is 11.0. The maximum Gasteiger partial charge on any atom is 0.205 e. The molecule has 5 heteroatoms. The average molecular weight is 249 g/mol. The van der Waals surface area contributed by atoms with E-state index in [1.54, 1.807) is 7.11 Å². The largest absolute Gasteiger partial charge is 0.497 e. The lowest BCUT2D eigenvalue weighted by atomic mass is 10.2. The van der Waals surface area contributed by atoms with Crippen molar-refractivity contribution in [3.8, 4) is 5.75 Å². The number of aryl methyl sites for hydroxylation is 1. The van der Waals surface area contributed by atoms with Crippen molar-refractivity contribution in [2.24, 2.45) is 0 Å². The summed E-state index contributed by atoms with van der Waals surface area (Å²) in [5.41, 5.74) is 1.19. The molecule has 0 saturated heterocycles. The Labute approximate surface area is 105 Å². The van der Waals surface area contributed by atoms with Crippen molar-refractivity contribution in [2.45, 2.75) is 13.5 Å². The minimum absolute atomic E-state index is 0.797. The zero-order chi connectivity index (χ0) is 12.3. The lowest BCUT2D eigenvalue weighted by Crippen LogP contribution is -2.16. The molecular weight excluding hydrogens is 234 g/mol. The van der Waals surface area contributed by atoms with Gasteiger partial charge in [0.05, 0.1) is 7.11 Å². The van der Waals surface area contributed by atoms with Crippen molar-refractivity contribution in [1.82, 2.24) is 9.36 Å². The molecule has 1 aromatic heterocycles. The molecule has 0 spiro atoms. The molecule has 1 aromatic carbocycles. The van der Waals surface area contributed by atoms with Gasteiger partial charge in [0.25, 0.3) is 0 Å². The Morgan fingerprint density at radius 3 is 2.88 bits per heavy atom. The van der Waals surface area contributed by atoms with Crippen molar-refractivity contribution in [3.05, 3.63) is 35.7 Å². The van der Waals surface area contributed by atoms with Gasteiger partial charge < -0.3 is 9.64 Å². The fraction of sp³-hybridized carbons (Fsp3) is 0.333. The van der Waals surface area contributed by atoms with Gasteiger partial charge in [-0.3, -0.25) is 0 Å². The van der Waals surface area contributed by atoms with Crippen LogP contribution in [-0.4, -0.2) is 23.5 Å². The van der Waals surface area contributed by atoms with Gasteiger partial charge in [-0.15, -0.1) is 0 Å². The van der Waals surface area contributed by atoms with Gasteiger partial charge in [-0.05, 0) is 24.6 Å². The second-order valence-electron chi connectivity index (χ2n) is 3.83. The highest BCUT2D eigenvalue weighted by atomic mass is 32.1. The summed E-state index contributed by atoms with van der Waals surface area (Å²) in [5.74, 6) is 1.70. The summed E-state index contributed by atoms with van der Waals surface area (Å²) in [4.78, 5) is 6.43. The van der Waals surface area contributed by atoms with Gasteiger partial charge in [-0.25, -0.2) is 4.98 Å². The second-order valence-corrected chi connectivity index (χ2v) is 4.56. The maximum atomic E-state index is 5.20. The van der Waals surface area contributed by atoms with Gasteiger partial charge in [0.2, 0.25) is 5.13 Å². The Bertz CT molecular complexity index is 498. The van der Waals surface area contributed by atoms with Crippen molar-refractivity contribution < 1.29 is 4.74 Å². The average Bonchev–Trinajstić information content (AvgIpc) is 2.76. The first-order valence-electron chi connectivity index (χ1n) is 5.33. The van der Waals surface area contributed by atoms with E-state index in [9.17, 15) is 0 Å². The predicted octanol–water partition coefficient (Wildman–Crippen LogP) is 2.49. The molecule has 0 saturated carbocycles. The van der Waals surface area contributed by atoms with Crippen LogP contribution in [0.15, 0.2) is 24.3 Å². The first kappa shape index (κ1) is 11.9. The van der Waals surface area contributed by atoms with Crippen LogP contribution in [0, 0.1) is 6.92 Å². The first-order valence-corrected chi connectivity index (χ1v) is 6.11. The number of ether oxygens (including phenoxy) is 1. The number of nitrogens with zero attached hydrogens (tertiary/aromatic N) is 3. The van der Waals surface area contributed by atoms with Gasteiger partial charge >= 0.3 is 0 Å². The van der Waals surface area contributed by atoms with Gasteiger partial charge in [0.1, 0.15) is 11.6 Å². The summed E-state index contributed by atoms with van der Waals surface area (Å²) in [6.45, 7) is 2.70. The van der Waals surface area contributed by atoms with Gasteiger partial charge in [0, 0.05) is 25.1 Å². The molecule has 0 radical (unpaired) electrons. The third-order valence-electron chi connectivity index (χ3n) is 2.40. The smallest absolute Gasteiger partial charge is 0.205 e. The van der Waals surface area contributed by atoms with E-state index in [1.807, 2.05) is 32.2 Å². The van der Waals surface area contributed by atoms with Gasteiger partial charge in [0.15, 0.2) is 0 Å². The van der Waals surface area contributed by atoms with Crippen LogP contribution in [0.25, 0.3) is 0 Å². The van der Waals surface area contributed by atoms with Crippen LogP contribution in [0.3, 0.4) is 0 Å². The Hall–Kier alpha value is -1.62. The van der Waals surface area contributed by atoms with Crippen LogP contribution in [-0.2, 0) is 6.54 Å². The molecule has 2 aromatic rings. The van der Waals surface area contributed by atoms with Crippen LogP contribution in [0.5, 0.6) is 5.75 Å². The summed E-state index contributed by atoms with van der Waals surface area (Å²) >= 11 is 1.42. The van der Waals surface area contributed by atoms with E-state index in [0.717, 1.165) is 23.3 Å². The SMILES string of the molecule is COc1cccc(CN(C)c2nc(C)ns2)c1. The number of anilines is 1. The minimum Gasteiger partial charge on any atom is -0.497 e. The van der Waals surface area contributed by atoms with E-state index in [4.69, 9.17) is 4.74 Å². The quantitative estimate of drug-likeness (QED) is 0.834. The Morgan fingerprint density at radius 2 is 2.24 bits per heavy atom. The molecule has 2 rings (SSSR count). The molecule has 0 aliphatic carbocycles. The Balaban J connectivity index is 2.09. The van der Waals surface area contributed by atoms with Gasteiger partial charge in [-0.1, -0.05) is 12.1 Å². The normalized spacial score (nSPS) is 10.3. The third-order valence-corrected chi connectivity index (χ3v) is 3.32. The highest BCUT2D eigenvalue weighted by molar-refractivity contribution is 7.09. The summed E-state index contributed by atoms with van der Waals surface area (Å²) in [5, 5.41) is 0.935. The zero-order valence-electron chi connectivity index (χ0n) is 10.2. The Morgan fingerprint density at radius 1 is 1.41 bits per heavy atom. The van der Waals surface area contributed by atoms with Crippen LogP contribution in [0.4, 0.5) is 5.13 Å². The molecule has 17 heavy (non-hydrogen) atoms. The summed E-state index contributed by atoms with van der Waals surface area (Å²) in [7, 11) is 3.69. The second kappa shape index (κ2) is 5.14. The molecule has 0 amide bonds. The third kappa shape index (κ3) is 2.94. The van der Waals surface area contributed by atoms with Gasteiger partial charge in [-0.2, -0.15) is 4.37 Å². The van der Waals surface area contributed by atoms with Crippen LogP contribution >= 0.6 is 11.5 Å². The van der Waals surface area contributed by atoms with E-state index in [1.165, 1.54) is 17.1 Å². The van der Waals surface area contributed by atoms with E-state index in [2.05, 4.69) is 20.3 Å². The van der Waals surface area contributed by atoms with Crippen molar-refractivity contribution in [1.29, 1.82) is 0 Å². The molecule has 4 nitrogen and oxygen atoms in total. The molecule has 1 heterocycles. The van der Waals surface area contributed by atoms with Crippen LogP contribution in [0.2, 0.25) is 0 Å². The minimum atomic E-state index is 0.797. The molecule has 0 unspecified atom stereocenters. The summed E-state index contributed by atoms with van der Waals surface area (Å²) < 4.78 is 9.38. The first-order chi connectivity index (χ1) is 8.19. The molecule has 0 atom stereocenters. The number of benzene rings is 1.